The van der Waals surface area contributed by atoms with Gasteiger partial charge in [0.2, 0.25) is 0 Å². The molecule has 3 unspecified atom stereocenters. The van der Waals surface area contributed by atoms with Crippen molar-refractivity contribution >= 4 is 23.2 Å². The first kappa shape index (κ1) is 14.0. The van der Waals surface area contributed by atoms with E-state index in [1.165, 1.54) is 5.38 Å². The Bertz CT molecular complexity index is 486. The van der Waals surface area contributed by atoms with Gasteiger partial charge in [0.1, 0.15) is 0 Å². The van der Waals surface area contributed by atoms with E-state index in [1.54, 1.807) is 0 Å². The third-order valence-corrected chi connectivity index (χ3v) is 4.51. The van der Waals surface area contributed by atoms with Gasteiger partial charge in [0.05, 0.1) is 0 Å². The number of hydrogen-bond acceptors (Lipinski definition) is 4. The van der Waals surface area contributed by atoms with Crippen LogP contribution in [-0.4, -0.2) is 28.0 Å². The van der Waals surface area contributed by atoms with Crippen molar-refractivity contribution in [1.82, 2.24) is 10.3 Å². The van der Waals surface area contributed by atoms with E-state index in [4.69, 9.17) is 5.11 Å². The molecule has 2 N–H and O–H groups in total. The molecule has 1 aliphatic carbocycles. The second-order valence-electron chi connectivity index (χ2n) is 5.32. The molecule has 6 heteroatoms. The molecule has 1 aromatic heterocycles. The summed E-state index contributed by atoms with van der Waals surface area (Å²) in [6.45, 7) is 4.37. The number of amides is 1. The minimum atomic E-state index is -1.10. The Morgan fingerprint density at radius 3 is 2.74 bits per heavy atom. The molecule has 0 spiro atoms. The Balaban J connectivity index is 1.98. The lowest BCUT2D eigenvalue weighted by atomic mass is 9.80. The number of nitrogens with one attached hydrogen (secondary N) is 1. The highest BCUT2D eigenvalue weighted by Gasteiger charge is 2.27. The average Bonchev–Trinajstić information content (AvgIpc) is 2.82. The SMILES string of the molecule is CC1CCC(NC(=O)c2nc(C(=O)O)cs2)C(C)C1. The first-order valence-electron chi connectivity index (χ1n) is 6.47. The van der Waals surface area contributed by atoms with Crippen molar-refractivity contribution in [1.29, 1.82) is 0 Å². The highest BCUT2D eigenvalue weighted by Crippen LogP contribution is 2.28. The van der Waals surface area contributed by atoms with E-state index in [2.05, 4.69) is 24.1 Å². The fourth-order valence-corrected chi connectivity index (χ4v) is 3.28. The van der Waals surface area contributed by atoms with Crippen LogP contribution >= 0.6 is 11.3 Å². The molecular weight excluding hydrogens is 264 g/mol. The van der Waals surface area contributed by atoms with Crippen LogP contribution in [0.2, 0.25) is 0 Å². The summed E-state index contributed by atoms with van der Waals surface area (Å²) in [4.78, 5) is 26.6. The summed E-state index contributed by atoms with van der Waals surface area (Å²) in [7, 11) is 0. The zero-order chi connectivity index (χ0) is 14.0. The van der Waals surface area contributed by atoms with E-state index in [1.807, 2.05) is 0 Å². The number of hydrogen-bond donors (Lipinski definition) is 2. The lowest BCUT2D eigenvalue weighted by Crippen LogP contribution is -2.42. The summed E-state index contributed by atoms with van der Waals surface area (Å²) in [6, 6.07) is 0.167. The molecule has 2 rings (SSSR count). The predicted octanol–water partition coefficient (Wildman–Crippen LogP) is 2.40. The number of carbonyl (C=O) groups is 2. The topological polar surface area (TPSA) is 79.3 Å². The van der Waals surface area contributed by atoms with Crippen molar-refractivity contribution in [2.75, 3.05) is 0 Å². The van der Waals surface area contributed by atoms with Gasteiger partial charge in [-0.15, -0.1) is 11.3 Å². The number of carboxylic acid groups (broad SMARTS) is 1. The number of carbonyl (C=O) groups excluding carboxylic acids is 1. The van der Waals surface area contributed by atoms with Gasteiger partial charge in [-0.3, -0.25) is 4.79 Å². The molecule has 1 saturated carbocycles. The molecular formula is C13H18N2O3S. The second-order valence-corrected chi connectivity index (χ2v) is 6.18. The van der Waals surface area contributed by atoms with Gasteiger partial charge in [0, 0.05) is 11.4 Å². The maximum absolute atomic E-state index is 12.0. The van der Waals surface area contributed by atoms with Crippen LogP contribution in [0.3, 0.4) is 0 Å². The highest BCUT2D eigenvalue weighted by atomic mass is 32.1. The monoisotopic (exact) mass is 282 g/mol. The molecule has 1 amide bonds. The van der Waals surface area contributed by atoms with Gasteiger partial charge in [0.25, 0.3) is 5.91 Å². The summed E-state index contributed by atoms with van der Waals surface area (Å²) in [6.07, 6.45) is 3.21. The lowest BCUT2D eigenvalue weighted by Gasteiger charge is -2.32. The van der Waals surface area contributed by atoms with Crippen molar-refractivity contribution in [3.63, 3.8) is 0 Å². The Morgan fingerprint density at radius 1 is 1.42 bits per heavy atom. The summed E-state index contributed by atoms with van der Waals surface area (Å²) in [5.74, 6) is -0.202. The number of thiazole rings is 1. The van der Waals surface area contributed by atoms with Crippen molar-refractivity contribution in [2.45, 2.75) is 39.2 Å². The van der Waals surface area contributed by atoms with Gasteiger partial charge in [-0.05, 0) is 31.1 Å². The van der Waals surface area contributed by atoms with Crippen LogP contribution in [0.25, 0.3) is 0 Å². The molecule has 0 radical (unpaired) electrons. The zero-order valence-corrected chi connectivity index (χ0v) is 11.9. The van der Waals surface area contributed by atoms with E-state index in [0.29, 0.717) is 11.8 Å². The molecule has 1 aromatic rings. The average molecular weight is 282 g/mol. The van der Waals surface area contributed by atoms with Crippen LogP contribution in [0.15, 0.2) is 5.38 Å². The summed E-state index contributed by atoms with van der Waals surface area (Å²) < 4.78 is 0. The molecule has 3 atom stereocenters. The van der Waals surface area contributed by atoms with E-state index < -0.39 is 5.97 Å². The fraction of sp³-hybridized carbons (Fsp3) is 0.615. The van der Waals surface area contributed by atoms with Crippen LogP contribution in [0.5, 0.6) is 0 Å². The standard InChI is InChI=1S/C13H18N2O3S/c1-7-3-4-9(8(2)5-7)14-11(16)12-15-10(6-19-12)13(17)18/h6-9H,3-5H2,1-2H3,(H,14,16)(H,17,18). The number of carboxylic acids is 1. The van der Waals surface area contributed by atoms with Crippen molar-refractivity contribution < 1.29 is 14.7 Å². The van der Waals surface area contributed by atoms with Gasteiger partial charge in [-0.2, -0.15) is 0 Å². The van der Waals surface area contributed by atoms with Crippen LogP contribution in [0.4, 0.5) is 0 Å². The van der Waals surface area contributed by atoms with E-state index in [9.17, 15) is 9.59 Å². The minimum Gasteiger partial charge on any atom is -0.476 e. The fourth-order valence-electron chi connectivity index (χ4n) is 2.59. The smallest absolute Gasteiger partial charge is 0.355 e. The molecule has 0 saturated heterocycles. The molecule has 0 bridgehead atoms. The second kappa shape index (κ2) is 5.69. The predicted molar refractivity (Wildman–Crippen MR) is 72.5 cm³/mol. The molecule has 1 heterocycles. The van der Waals surface area contributed by atoms with Crippen molar-refractivity contribution in [3.05, 3.63) is 16.1 Å². The Kier molecular flexibility index (Phi) is 4.19. The Hall–Kier alpha value is -1.43. The van der Waals surface area contributed by atoms with Crippen LogP contribution in [0.1, 0.15) is 53.4 Å². The maximum atomic E-state index is 12.0. The molecule has 1 aliphatic rings. The van der Waals surface area contributed by atoms with Gasteiger partial charge in [-0.25, -0.2) is 9.78 Å². The third-order valence-electron chi connectivity index (χ3n) is 3.67. The van der Waals surface area contributed by atoms with Crippen LogP contribution in [-0.2, 0) is 0 Å². The largest absolute Gasteiger partial charge is 0.476 e. The highest BCUT2D eigenvalue weighted by molar-refractivity contribution is 7.11. The first-order chi connectivity index (χ1) is 8.97. The van der Waals surface area contributed by atoms with E-state index in [0.717, 1.165) is 30.6 Å². The van der Waals surface area contributed by atoms with Crippen LogP contribution in [0, 0.1) is 11.8 Å². The number of rotatable bonds is 3. The normalized spacial score (nSPS) is 26.9. The molecule has 104 valence electrons. The molecule has 5 nitrogen and oxygen atoms in total. The lowest BCUT2D eigenvalue weighted by molar-refractivity contribution is 0.0691. The van der Waals surface area contributed by atoms with Crippen molar-refractivity contribution in [2.24, 2.45) is 11.8 Å². The molecule has 0 aromatic carbocycles. The Labute approximate surface area is 116 Å². The van der Waals surface area contributed by atoms with Gasteiger partial charge in [0.15, 0.2) is 10.7 Å². The number of aromatic carboxylic acids is 1. The molecule has 0 aliphatic heterocycles. The minimum absolute atomic E-state index is 0.0690. The number of nitrogens with zero attached hydrogens (tertiary/aromatic N) is 1. The molecule has 1 fully saturated rings. The Morgan fingerprint density at radius 2 is 2.16 bits per heavy atom. The van der Waals surface area contributed by atoms with Crippen molar-refractivity contribution in [3.8, 4) is 0 Å². The quantitative estimate of drug-likeness (QED) is 0.892. The first-order valence-corrected chi connectivity index (χ1v) is 7.35. The van der Waals surface area contributed by atoms with Gasteiger partial charge >= 0.3 is 5.97 Å². The maximum Gasteiger partial charge on any atom is 0.355 e. The summed E-state index contributed by atoms with van der Waals surface area (Å²) >= 11 is 1.07. The summed E-state index contributed by atoms with van der Waals surface area (Å²) in [5.41, 5.74) is -0.0690. The third kappa shape index (κ3) is 3.32. The van der Waals surface area contributed by atoms with Gasteiger partial charge in [-0.1, -0.05) is 13.8 Å². The zero-order valence-electron chi connectivity index (χ0n) is 11.0. The summed E-state index contributed by atoms with van der Waals surface area (Å²) in [5, 5.41) is 13.4. The van der Waals surface area contributed by atoms with E-state index in [-0.39, 0.29) is 22.7 Å². The number of aromatic nitrogens is 1. The molecule has 19 heavy (non-hydrogen) atoms. The van der Waals surface area contributed by atoms with E-state index >= 15 is 0 Å². The van der Waals surface area contributed by atoms with Crippen LogP contribution < -0.4 is 5.32 Å². The van der Waals surface area contributed by atoms with Gasteiger partial charge < -0.3 is 10.4 Å².